The van der Waals surface area contributed by atoms with Crippen LogP contribution in [0.3, 0.4) is 0 Å². The Balaban J connectivity index is 1.67. The zero-order valence-corrected chi connectivity index (χ0v) is 15.3. The monoisotopic (exact) mass is 355 g/mol. The van der Waals surface area contributed by atoms with Crippen LogP contribution in [0.4, 0.5) is 5.69 Å². The topological polar surface area (TPSA) is 71.6 Å². The van der Waals surface area contributed by atoms with Crippen LogP contribution >= 0.6 is 0 Å². The van der Waals surface area contributed by atoms with E-state index < -0.39 is 0 Å². The highest BCUT2D eigenvalue weighted by Crippen LogP contribution is 2.33. The lowest BCUT2D eigenvalue weighted by molar-refractivity contribution is -0.117. The molecule has 1 amide bonds. The molecule has 6 nitrogen and oxygen atoms in total. The summed E-state index contributed by atoms with van der Waals surface area (Å²) in [5.41, 5.74) is 9.28. The standard InChI is InChI=1S/C20H25N3O3/c1-4-13-6-5-7-14(10-13)21-20(24)18-12-17(22-23-18)16-9-8-15(25-2)11-19(16)26-3/h5-11,17-18,22-23H,4,12H2,1-3H3,(H,21,24). The predicted octanol–water partition coefficient (Wildman–Crippen LogP) is 2.81. The summed E-state index contributed by atoms with van der Waals surface area (Å²) in [5, 5.41) is 2.98. The van der Waals surface area contributed by atoms with Crippen molar-refractivity contribution in [3.8, 4) is 11.5 Å². The molecule has 2 aromatic rings. The molecule has 1 aliphatic heterocycles. The van der Waals surface area contributed by atoms with Gasteiger partial charge >= 0.3 is 0 Å². The molecular weight excluding hydrogens is 330 g/mol. The van der Waals surface area contributed by atoms with Gasteiger partial charge in [-0.25, -0.2) is 10.9 Å². The van der Waals surface area contributed by atoms with E-state index in [-0.39, 0.29) is 18.0 Å². The molecule has 1 saturated heterocycles. The zero-order valence-electron chi connectivity index (χ0n) is 15.3. The molecule has 0 saturated carbocycles. The first-order valence-electron chi connectivity index (χ1n) is 8.77. The smallest absolute Gasteiger partial charge is 0.242 e. The number of carbonyl (C=O) groups is 1. The normalized spacial score (nSPS) is 19.2. The number of hydrogen-bond donors (Lipinski definition) is 3. The number of aryl methyl sites for hydroxylation is 1. The molecule has 1 heterocycles. The van der Waals surface area contributed by atoms with Crippen LogP contribution in [0, 0.1) is 0 Å². The van der Waals surface area contributed by atoms with Crippen LogP contribution in [0.25, 0.3) is 0 Å². The number of carbonyl (C=O) groups excluding carboxylic acids is 1. The average molecular weight is 355 g/mol. The summed E-state index contributed by atoms with van der Waals surface area (Å²) in [5.74, 6) is 1.42. The predicted molar refractivity (Wildman–Crippen MR) is 101 cm³/mol. The molecule has 6 heteroatoms. The fourth-order valence-corrected chi connectivity index (χ4v) is 3.14. The Bertz CT molecular complexity index is 779. The third-order valence-corrected chi connectivity index (χ3v) is 4.64. The van der Waals surface area contributed by atoms with Crippen LogP contribution < -0.4 is 25.6 Å². The first-order chi connectivity index (χ1) is 12.6. The van der Waals surface area contributed by atoms with Crippen molar-refractivity contribution < 1.29 is 14.3 Å². The lowest BCUT2D eigenvalue weighted by Gasteiger charge is -2.15. The Morgan fingerprint density at radius 1 is 1.15 bits per heavy atom. The van der Waals surface area contributed by atoms with Gasteiger partial charge in [0, 0.05) is 17.3 Å². The van der Waals surface area contributed by atoms with Crippen LogP contribution in [0.15, 0.2) is 42.5 Å². The highest BCUT2D eigenvalue weighted by atomic mass is 16.5. The van der Waals surface area contributed by atoms with Gasteiger partial charge in [-0.1, -0.05) is 25.1 Å². The lowest BCUT2D eigenvalue weighted by Crippen LogP contribution is -2.39. The van der Waals surface area contributed by atoms with Crippen molar-refractivity contribution in [2.75, 3.05) is 19.5 Å². The van der Waals surface area contributed by atoms with Gasteiger partial charge in [0.05, 0.1) is 20.3 Å². The number of hydrazine groups is 1. The van der Waals surface area contributed by atoms with E-state index in [0.717, 1.165) is 29.2 Å². The van der Waals surface area contributed by atoms with Gasteiger partial charge in [-0.05, 0) is 36.6 Å². The van der Waals surface area contributed by atoms with Gasteiger partial charge in [0.25, 0.3) is 0 Å². The number of methoxy groups -OCH3 is 2. The van der Waals surface area contributed by atoms with Crippen molar-refractivity contribution in [1.29, 1.82) is 0 Å². The molecule has 3 rings (SSSR count). The molecule has 0 spiro atoms. The summed E-state index contributed by atoms with van der Waals surface area (Å²) >= 11 is 0. The van der Waals surface area contributed by atoms with E-state index in [9.17, 15) is 4.79 Å². The van der Waals surface area contributed by atoms with Crippen LogP contribution in [0.5, 0.6) is 11.5 Å². The Kier molecular flexibility index (Phi) is 5.75. The van der Waals surface area contributed by atoms with Gasteiger partial charge in [-0.15, -0.1) is 0 Å². The molecule has 2 aromatic carbocycles. The van der Waals surface area contributed by atoms with Gasteiger partial charge in [0.2, 0.25) is 5.91 Å². The molecule has 1 fully saturated rings. The summed E-state index contributed by atoms with van der Waals surface area (Å²) in [6, 6.07) is 13.3. The number of benzene rings is 2. The van der Waals surface area contributed by atoms with E-state index in [1.54, 1.807) is 14.2 Å². The van der Waals surface area contributed by atoms with Gasteiger partial charge < -0.3 is 14.8 Å². The highest BCUT2D eigenvalue weighted by Gasteiger charge is 2.31. The fourth-order valence-electron chi connectivity index (χ4n) is 3.14. The number of nitrogens with one attached hydrogen (secondary N) is 3. The van der Waals surface area contributed by atoms with Gasteiger partial charge in [-0.3, -0.25) is 4.79 Å². The molecule has 0 bridgehead atoms. The van der Waals surface area contributed by atoms with Crippen LogP contribution in [-0.2, 0) is 11.2 Å². The van der Waals surface area contributed by atoms with Crippen molar-refractivity contribution in [3.63, 3.8) is 0 Å². The fraction of sp³-hybridized carbons (Fsp3) is 0.350. The molecule has 2 unspecified atom stereocenters. The van der Waals surface area contributed by atoms with E-state index in [4.69, 9.17) is 9.47 Å². The van der Waals surface area contributed by atoms with E-state index in [2.05, 4.69) is 29.2 Å². The van der Waals surface area contributed by atoms with E-state index >= 15 is 0 Å². The number of hydrogen-bond acceptors (Lipinski definition) is 5. The molecular formula is C20H25N3O3. The summed E-state index contributed by atoms with van der Waals surface area (Å²) in [6.45, 7) is 2.09. The Morgan fingerprint density at radius 3 is 2.73 bits per heavy atom. The zero-order chi connectivity index (χ0) is 18.5. The van der Waals surface area contributed by atoms with Crippen LogP contribution in [0.1, 0.15) is 30.5 Å². The number of ether oxygens (including phenoxy) is 2. The van der Waals surface area contributed by atoms with E-state index in [0.29, 0.717) is 6.42 Å². The maximum Gasteiger partial charge on any atom is 0.242 e. The van der Waals surface area contributed by atoms with Crippen LogP contribution in [0.2, 0.25) is 0 Å². The summed E-state index contributed by atoms with van der Waals surface area (Å²) < 4.78 is 10.7. The van der Waals surface area contributed by atoms with Crippen molar-refractivity contribution in [2.24, 2.45) is 0 Å². The minimum absolute atomic E-state index is 0.0198. The second-order valence-electron chi connectivity index (χ2n) is 6.28. The summed E-state index contributed by atoms with van der Waals surface area (Å²) in [6.07, 6.45) is 1.56. The van der Waals surface area contributed by atoms with Crippen molar-refractivity contribution >= 4 is 11.6 Å². The molecule has 1 aliphatic rings. The molecule has 2 atom stereocenters. The maximum atomic E-state index is 12.6. The molecule has 0 radical (unpaired) electrons. The first-order valence-corrected chi connectivity index (χ1v) is 8.77. The quantitative estimate of drug-likeness (QED) is 0.743. The second-order valence-corrected chi connectivity index (χ2v) is 6.28. The van der Waals surface area contributed by atoms with Gasteiger partial charge in [0.15, 0.2) is 0 Å². The third-order valence-electron chi connectivity index (χ3n) is 4.64. The highest BCUT2D eigenvalue weighted by molar-refractivity contribution is 5.95. The van der Waals surface area contributed by atoms with Crippen LogP contribution in [-0.4, -0.2) is 26.2 Å². The van der Waals surface area contributed by atoms with Crippen molar-refractivity contribution in [1.82, 2.24) is 10.9 Å². The first kappa shape index (κ1) is 18.2. The minimum atomic E-state index is -0.322. The lowest BCUT2D eigenvalue weighted by atomic mass is 10.0. The SMILES string of the molecule is CCc1cccc(NC(=O)C2CC(c3ccc(OC)cc3OC)NN2)c1. The molecule has 3 N–H and O–H groups in total. The molecule has 0 aliphatic carbocycles. The molecule has 26 heavy (non-hydrogen) atoms. The number of amides is 1. The molecule has 138 valence electrons. The Morgan fingerprint density at radius 2 is 2.00 bits per heavy atom. The average Bonchev–Trinajstić information content (AvgIpc) is 3.17. The van der Waals surface area contributed by atoms with Gasteiger partial charge in [0.1, 0.15) is 17.5 Å². The third kappa shape index (κ3) is 3.98. The van der Waals surface area contributed by atoms with Crippen molar-refractivity contribution in [3.05, 3.63) is 53.6 Å². The summed E-state index contributed by atoms with van der Waals surface area (Å²) in [4.78, 5) is 12.6. The van der Waals surface area contributed by atoms with Gasteiger partial charge in [-0.2, -0.15) is 0 Å². The van der Waals surface area contributed by atoms with E-state index in [1.165, 1.54) is 5.56 Å². The Labute approximate surface area is 153 Å². The Hall–Kier alpha value is -2.57. The van der Waals surface area contributed by atoms with E-state index in [1.807, 2.05) is 36.4 Å². The maximum absolute atomic E-state index is 12.6. The van der Waals surface area contributed by atoms with Crippen molar-refractivity contribution in [2.45, 2.75) is 31.8 Å². The number of anilines is 1. The second kappa shape index (κ2) is 8.21. The number of rotatable bonds is 6. The largest absolute Gasteiger partial charge is 0.497 e. The molecule has 0 aromatic heterocycles. The minimum Gasteiger partial charge on any atom is -0.497 e. The summed E-state index contributed by atoms with van der Waals surface area (Å²) in [7, 11) is 3.25.